The maximum atomic E-state index is 4.28. The lowest BCUT2D eigenvalue weighted by atomic mass is 10.1. The van der Waals surface area contributed by atoms with Gasteiger partial charge in [-0.1, -0.05) is 18.2 Å². The monoisotopic (exact) mass is 151 g/mol. The summed E-state index contributed by atoms with van der Waals surface area (Å²) >= 11 is 0. The van der Waals surface area contributed by atoms with Crippen molar-refractivity contribution in [1.29, 1.82) is 0 Å². The minimum absolute atomic E-state index is 0.854. The largest absolute Gasteiger partial charge is 0.290 e. The molecule has 1 nitrogen and oxygen atoms in total. The summed E-state index contributed by atoms with van der Waals surface area (Å²) in [6.45, 7) is 12.8. The Morgan fingerprint density at radius 1 is 1.36 bits per heavy atom. The number of aliphatic imine (C=N–C) groups is 1. The van der Waals surface area contributed by atoms with Crippen molar-refractivity contribution in [2.24, 2.45) is 4.99 Å². The Kier molecular flexibility index (Phi) is 4.51. The van der Waals surface area contributed by atoms with E-state index in [9.17, 15) is 0 Å². The highest BCUT2D eigenvalue weighted by molar-refractivity contribution is 5.98. The summed E-state index contributed by atoms with van der Waals surface area (Å²) in [7, 11) is 0. The van der Waals surface area contributed by atoms with Gasteiger partial charge >= 0.3 is 0 Å². The zero-order valence-electron chi connectivity index (χ0n) is 7.94. The van der Waals surface area contributed by atoms with Crippen LogP contribution in [0.1, 0.15) is 27.7 Å². The Balaban J connectivity index is 4.35. The van der Waals surface area contributed by atoms with Crippen molar-refractivity contribution in [3.63, 3.8) is 0 Å². The van der Waals surface area contributed by atoms with E-state index >= 15 is 0 Å². The molecule has 0 heterocycles. The van der Waals surface area contributed by atoms with Gasteiger partial charge in [-0.3, -0.25) is 4.99 Å². The van der Waals surface area contributed by atoms with Gasteiger partial charge in [-0.05, 0) is 33.3 Å². The summed E-state index contributed by atoms with van der Waals surface area (Å²) in [5.74, 6) is 0. The summed E-state index contributed by atoms with van der Waals surface area (Å²) in [5, 5.41) is 0. The molecule has 0 N–H and O–H groups in total. The number of hydrogen-bond donors (Lipinski definition) is 0. The van der Waals surface area contributed by atoms with Crippen LogP contribution in [0.2, 0.25) is 0 Å². The van der Waals surface area contributed by atoms with Gasteiger partial charge in [-0.25, -0.2) is 0 Å². The van der Waals surface area contributed by atoms with Crippen LogP contribution in [0.3, 0.4) is 0 Å². The predicted octanol–water partition coefficient (Wildman–Crippen LogP) is 2.99. The third kappa shape index (κ3) is 4.54. The van der Waals surface area contributed by atoms with Crippen molar-refractivity contribution in [2.45, 2.75) is 27.7 Å². The highest BCUT2D eigenvalue weighted by Gasteiger charge is 1.91. The molecular formula is C10H17N. The van der Waals surface area contributed by atoms with Crippen LogP contribution in [0.5, 0.6) is 0 Å². The average Bonchev–Trinajstić information content (AvgIpc) is 1.86. The average molecular weight is 151 g/mol. The third-order valence-corrected chi connectivity index (χ3v) is 1.43. The van der Waals surface area contributed by atoms with Crippen LogP contribution in [0.15, 0.2) is 28.8 Å². The van der Waals surface area contributed by atoms with E-state index in [0.717, 1.165) is 17.8 Å². The molecule has 0 aliphatic heterocycles. The van der Waals surface area contributed by atoms with Crippen molar-refractivity contribution < 1.29 is 0 Å². The molecule has 0 aliphatic carbocycles. The highest BCUT2D eigenvalue weighted by Crippen LogP contribution is 2.01. The fourth-order valence-electron chi connectivity index (χ4n) is 0.836. The second kappa shape index (κ2) is 4.89. The van der Waals surface area contributed by atoms with Crippen molar-refractivity contribution in [1.82, 2.24) is 0 Å². The van der Waals surface area contributed by atoms with Gasteiger partial charge in [-0.15, -0.1) is 0 Å². The van der Waals surface area contributed by atoms with Crippen molar-refractivity contribution in [3.8, 4) is 0 Å². The van der Waals surface area contributed by atoms with Gasteiger partial charge in [-0.2, -0.15) is 0 Å². The Hall–Kier alpha value is -0.850. The molecule has 0 rings (SSSR count). The molecule has 0 unspecified atom stereocenters. The molecular weight excluding hydrogens is 134 g/mol. The van der Waals surface area contributed by atoms with Crippen LogP contribution in [0.4, 0.5) is 0 Å². The molecule has 0 spiro atoms. The zero-order chi connectivity index (χ0) is 8.85. The van der Waals surface area contributed by atoms with Gasteiger partial charge in [0.05, 0.1) is 0 Å². The van der Waals surface area contributed by atoms with Crippen LogP contribution >= 0.6 is 0 Å². The second-order valence-corrected chi connectivity index (χ2v) is 2.73. The summed E-state index contributed by atoms with van der Waals surface area (Å²) in [6.07, 6.45) is 2.05. The van der Waals surface area contributed by atoms with E-state index in [-0.39, 0.29) is 0 Å². The van der Waals surface area contributed by atoms with Gasteiger partial charge < -0.3 is 0 Å². The van der Waals surface area contributed by atoms with Crippen LogP contribution in [0.25, 0.3) is 0 Å². The lowest BCUT2D eigenvalue weighted by molar-refractivity contribution is 1.12. The molecule has 0 aromatic rings. The van der Waals surface area contributed by atoms with Crippen LogP contribution in [0, 0.1) is 0 Å². The maximum absolute atomic E-state index is 4.28. The number of hydrogen-bond acceptors (Lipinski definition) is 1. The van der Waals surface area contributed by atoms with Crippen LogP contribution in [-0.2, 0) is 0 Å². The van der Waals surface area contributed by atoms with Crippen LogP contribution < -0.4 is 0 Å². The SMILES string of the molecule is C=C(C)/C=C(C)\C(C)=N/CC. The molecule has 0 radical (unpaired) electrons. The van der Waals surface area contributed by atoms with E-state index in [1.807, 2.05) is 20.8 Å². The Labute approximate surface area is 69.5 Å². The lowest BCUT2D eigenvalue weighted by Gasteiger charge is -1.99. The Morgan fingerprint density at radius 3 is 2.27 bits per heavy atom. The van der Waals surface area contributed by atoms with E-state index in [1.54, 1.807) is 0 Å². The summed E-state index contributed by atoms with van der Waals surface area (Å²) < 4.78 is 0. The van der Waals surface area contributed by atoms with E-state index in [2.05, 4.69) is 24.6 Å². The molecule has 0 aromatic carbocycles. The van der Waals surface area contributed by atoms with E-state index in [1.165, 1.54) is 5.57 Å². The molecule has 62 valence electrons. The van der Waals surface area contributed by atoms with Crippen molar-refractivity contribution in [3.05, 3.63) is 23.8 Å². The highest BCUT2D eigenvalue weighted by atomic mass is 14.7. The van der Waals surface area contributed by atoms with E-state index in [4.69, 9.17) is 0 Å². The smallest absolute Gasteiger partial charge is 0.0364 e. The normalized spacial score (nSPS) is 13.5. The number of nitrogens with zero attached hydrogens (tertiary/aromatic N) is 1. The van der Waals surface area contributed by atoms with Gasteiger partial charge in [0.2, 0.25) is 0 Å². The number of rotatable bonds is 3. The molecule has 0 saturated carbocycles. The maximum Gasteiger partial charge on any atom is 0.0364 e. The molecule has 0 fully saturated rings. The molecule has 0 bridgehead atoms. The first-order valence-corrected chi connectivity index (χ1v) is 3.93. The second-order valence-electron chi connectivity index (χ2n) is 2.73. The summed E-state index contributed by atoms with van der Waals surface area (Å²) in [6, 6.07) is 0. The lowest BCUT2D eigenvalue weighted by Crippen LogP contribution is -1.94. The van der Waals surface area contributed by atoms with Gasteiger partial charge in [0.25, 0.3) is 0 Å². The quantitative estimate of drug-likeness (QED) is 0.434. The van der Waals surface area contributed by atoms with Gasteiger partial charge in [0.1, 0.15) is 0 Å². The molecule has 11 heavy (non-hydrogen) atoms. The minimum Gasteiger partial charge on any atom is -0.290 e. The van der Waals surface area contributed by atoms with Crippen LogP contribution in [-0.4, -0.2) is 12.3 Å². The number of allylic oxidation sites excluding steroid dienone is 3. The first-order chi connectivity index (χ1) is 5.07. The minimum atomic E-state index is 0.854. The predicted molar refractivity (Wildman–Crippen MR) is 52.2 cm³/mol. The molecule has 0 atom stereocenters. The molecule has 0 aliphatic rings. The zero-order valence-corrected chi connectivity index (χ0v) is 7.94. The molecule has 0 saturated heterocycles. The van der Waals surface area contributed by atoms with Crippen molar-refractivity contribution >= 4 is 5.71 Å². The Morgan fingerprint density at radius 2 is 1.91 bits per heavy atom. The van der Waals surface area contributed by atoms with E-state index < -0.39 is 0 Å². The topological polar surface area (TPSA) is 12.4 Å². The molecule has 1 heteroatoms. The van der Waals surface area contributed by atoms with Gasteiger partial charge in [0, 0.05) is 12.3 Å². The third-order valence-electron chi connectivity index (χ3n) is 1.43. The molecule has 0 amide bonds. The fraction of sp³-hybridized carbons (Fsp3) is 0.500. The fourth-order valence-corrected chi connectivity index (χ4v) is 0.836. The van der Waals surface area contributed by atoms with E-state index in [0.29, 0.717) is 0 Å². The van der Waals surface area contributed by atoms with Gasteiger partial charge in [0.15, 0.2) is 0 Å². The standard InChI is InChI=1S/C10H17N/c1-6-11-10(5)9(4)7-8(2)3/h7H,2,6H2,1,3-5H3/b9-7-,11-10-. The Bertz CT molecular complexity index is 197. The van der Waals surface area contributed by atoms with Crippen molar-refractivity contribution in [2.75, 3.05) is 6.54 Å². The first-order valence-electron chi connectivity index (χ1n) is 3.93. The first kappa shape index (κ1) is 10.2. The molecule has 0 aromatic heterocycles. The summed E-state index contributed by atoms with van der Waals surface area (Å²) in [4.78, 5) is 4.28. The summed E-state index contributed by atoms with van der Waals surface area (Å²) in [5.41, 5.74) is 3.39.